The number of hydrogen-bond donors (Lipinski definition) is 1. The van der Waals surface area contributed by atoms with Crippen molar-refractivity contribution in [3.05, 3.63) is 33.8 Å². The van der Waals surface area contributed by atoms with E-state index in [1.807, 2.05) is 0 Å². The molecule has 5 heteroatoms. The lowest BCUT2D eigenvalue weighted by Crippen LogP contribution is -2.47. The molecule has 0 bridgehead atoms. The Labute approximate surface area is 111 Å². The van der Waals surface area contributed by atoms with Crippen molar-refractivity contribution in [3.8, 4) is 0 Å². The van der Waals surface area contributed by atoms with Gasteiger partial charge in [0.05, 0.1) is 22.7 Å². The summed E-state index contributed by atoms with van der Waals surface area (Å²) in [6, 6.07) is 4.72. The number of hydrogen-bond acceptors (Lipinski definition) is 2. The van der Waals surface area contributed by atoms with Crippen LogP contribution in [0.15, 0.2) is 18.2 Å². The number of nitrogens with zero attached hydrogens (tertiary/aromatic N) is 1. The van der Waals surface area contributed by atoms with Crippen molar-refractivity contribution in [1.82, 2.24) is 4.90 Å². The van der Waals surface area contributed by atoms with Crippen molar-refractivity contribution in [2.75, 3.05) is 13.7 Å². The zero-order valence-corrected chi connectivity index (χ0v) is 11.5. The Bertz CT molecular complexity index is 433. The van der Waals surface area contributed by atoms with Crippen LogP contribution < -0.4 is 0 Å². The summed E-state index contributed by atoms with van der Waals surface area (Å²) in [5.41, 5.74) is -0.264. The molecule has 0 spiro atoms. The van der Waals surface area contributed by atoms with Crippen LogP contribution in [0.1, 0.15) is 24.2 Å². The third-order valence-electron chi connectivity index (χ3n) is 2.76. The standard InChI is InChI=1S/C12H15Cl2NO2/c1-12(2,7-16)15(3)11(17)9-5-4-8(13)6-10(9)14/h4-6,16H,7H2,1-3H3. The molecule has 0 heterocycles. The topological polar surface area (TPSA) is 40.5 Å². The Kier molecular flexibility index (Phi) is 4.42. The molecular weight excluding hydrogens is 261 g/mol. The highest BCUT2D eigenvalue weighted by molar-refractivity contribution is 6.36. The van der Waals surface area contributed by atoms with Crippen molar-refractivity contribution in [2.45, 2.75) is 19.4 Å². The lowest BCUT2D eigenvalue weighted by Gasteiger charge is -2.34. The van der Waals surface area contributed by atoms with E-state index in [1.54, 1.807) is 33.0 Å². The van der Waals surface area contributed by atoms with Gasteiger partial charge in [-0.15, -0.1) is 0 Å². The van der Waals surface area contributed by atoms with E-state index in [2.05, 4.69) is 0 Å². The van der Waals surface area contributed by atoms with Crippen LogP contribution in [0.3, 0.4) is 0 Å². The van der Waals surface area contributed by atoms with E-state index in [0.29, 0.717) is 15.6 Å². The quantitative estimate of drug-likeness (QED) is 0.922. The number of likely N-dealkylation sites (N-methyl/N-ethyl adjacent to an activating group) is 1. The Morgan fingerprint density at radius 2 is 2.00 bits per heavy atom. The van der Waals surface area contributed by atoms with Crippen LogP contribution >= 0.6 is 23.2 Å². The van der Waals surface area contributed by atoms with Gasteiger partial charge in [0.15, 0.2) is 0 Å². The molecule has 0 fully saturated rings. The van der Waals surface area contributed by atoms with E-state index in [1.165, 1.54) is 11.0 Å². The van der Waals surface area contributed by atoms with Gasteiger partial charge in [-0.3, -0.25) is 4.79 Å². The number of carbonyl (C=O) groups is 1. The Hall–Kier alpha value is -0.770. The minimum absolute atomic E-state index is 0.125. The molecule has 1 amide bonds. The van der Waals surface area contributed by atoms with Crippen LogP contribution in [-0.4, -0.2) is 35.1 Å². The third kappa shape index (κ3) is 3.12. The second kappa shape index (κ2) is 5.25. The van der Waals surface area contributed by atoms with Crippen LogP contribution in [0.25, 0.3) is 0 Å². The molecule has 0 aliphatic heterocycles. The van der Waals surface area contributed by atoms with Crippen molar-refractivity contribution in [1.29, 1.82) is 0 Å². The van der Waals surface area contributed by atoms with Crippen molar-refractivity contribution < 1.29 is 9.90 Å². The normalized spacial score (nSPS) is 11.4. The molecule has 0 aromatic heterocycles. The molecule has 1 aromatic rings. The summed E-state index contributed by atoms with van der Waals surface area (Å²) in [7, 11) is 1.63. The molecule has 3 nitrogen and oxygen atoms in total. The zero-order valence-electron chi connectivity index (χ0n) is 10.00. The Morgan fingerprint density at radius 3 is 2.47 bits per heavy atom. The first-order valence-corrected chi connectivity index (χ1v) is 5.89. The largest absolute Gasteiger partial charge is 0.394 e. The highest BCUT2D eigenvalue weighted by Gasteiger charge is 2.28. The molecule has 0 aliphatic rings. The van der Waals surface area contributed by atoms with Crippen LogP contribution in [0.5, 0.6) is 0 Å². The average molecular weight is 276 g/mol. The molecule has 0 unspecified atom stereocenters. The molecule has 0 aliphatic carbocycles. The summed E-state index contributed by atoms with van der Waals surface area (Å²) in [6.45, 7) is 3.42. The summed E-state index contributed by atoms with van der Waals surface area (Å²) >= 11 is 11.7. The highest BCUT2D eigenvalue weighted by atomic mass is 35.5. The number of aliphatic hydroxyl groups is 1. The van der Waals surface area contributed by atoms with E-state index in [4.69, 9.17) is 23.2 Å². The van der Waals surface area contributed by atoms with Gasteiger partial charge in [0.25, 0.3) is 5.91 Å². The number of benzene rings is 1. The molecule has 17 heavy (non-hydrogen) atoms. The Balaban J connectivity index is 3.05. The molecule has 0 radical (unpaired) electrons. The second-order valence-electron chi connectivity index (χ2n) is 4.46. The van der Waals surface area contributed by atoms with Crippen LogP contribution in [0, 0.1) is 0 Å². The maximum atomic E-state index is 12.2. The van der Waals surface area contributed by atoms with Gasteiger partial charge >= 0.3 is 0 Å². The second-order valence-corrected chi connectivity index (χ2v) is 5.30. The fourth-order valence-corrected chi connectivity index (χ4v) is 1.71. The van der Waals surface area contributed by atoms with E-state index >= 15 is 0 Å². The molecule has 0 saturated carbocycles. The Morgan fingerprint density at radius 1 is 1.41 bits per heavy atom. The molecule has 0 saturated heterocycles. The lowest BCUT2D eigenvalue weighted by atomic mass is 10.0. The minimum atomic E-state index is -0.639. The smallest absolute Gasteiger partial charge is 0.255 e. The van der Waals surface area contributed by atoms with Crippen molar-refractivity contribution in [2.24, 2.45) is 0 Å². The summed E-state index contributed by atoms with van der Waals surface area (Å²) in [5, 5.41) is 10.0. The number of aliphatic hydroxyl groups excluding tert-OH is 1. The molecule has 94 valence electrons. The average Bonchev–Trinajstić information content (AvgIpc) is 2.27. The molecule has 1 N–H and O–H groups in total. The van der Waals surface area contributed by atoms with Gasteiger partial charge in [-0.1, -0.05) is 23.2 Å². The van der Waals surface area contributed by atoms with Crippen LogP contribution in [-0.2, 0) is 0 Å². The van der Waals surface area contributed by atoms with E-state index in [0.717, 1.165) is 0 Å². The van der Waals surface area contributed by atoms with Crippen LogP contribution in [0.2, 0.25) is 10.0 Å². The highest BCUT2D eigenvalue weighted by Crippen LogP contribution is 2.24. The maximum absolute atomic E-state index is 12.2. The van der Waals surface area contributed by atoms with Gasteiger partial charge in [0.2, 0.25) is 0 Å². The number of carbonyl (C=O) groups excluding carboxylic acids is 1. The number of amides is 1. The lowest BCUT2D eigenvalue weighted by molar-refractivity contribution is 0.0473. The van der Waals surface area contributed by atoms with Gasteiger partial charge in [-0.25, -0.2) is 0 Å². The molecular formula is C12H15Cl2NO2. The summed E-state index contributed by atoms with van der Waals surface area (Å²) in [4.78, 5) is 13.6. The monoisotopic (exact) mass is 275 g/mol. The first-order chi connectivity index (χ1) is 7.79. The fourth-order valence-electron chi connectivity index (χ4n) is 1.22. The maximum Gasteiger partial charge on any atom is 0.255 e. The van der Waals surface area contributed by atoms with E-state index in [9.17, 15) is 9.90 Å². The van der Waals surface area contributed by atoms with Crippen LogP contribution in [0.4, 0.5) is 0 Å². The third-order valence-corrected chi connectivity index (χ3v) is 3.31. The first-order valence-electron chi connectivity index (χ1n) is 5.13. The zero-order chi connectivity index (χ0) is 13.2. The molecule has 1 aromatic carbocycles. The molecule has 0 atom stereocenters. The summed E-state index contributed by atoms with van der Waals surface area (Å²) < 4.78 is 0. The summed E-state index contributed by atoms with van der Waals surface area (Å²) in [6.07, 6.45) is 0. The van der Waals surface area contributed by atoms with Gasteiger partial charge in [0, 0.05) is 12.1 Å². The van der Waals surface area contributed by atoms with Crippen molar-refractivity contribution >= 4 is 29.1 Å². The summed E-state index contributed by atoms with van der Waals surface area (Å²) in [5.74, 6) is -0.245. The van der Waals surface area contributed by atoms with Gasteiger partial charge in [-0.05, 0) is 32.0 Å². The van der Waals surface area contributed by atoms with Gasteiger partial charge < -0.3 is 10.0 Å². The SMILES string of the molecule is CN(C(=O)c1ccc(Cl)cc1Cl)C(C)(C)CO. The van der Waals surface area contributed by atoms with Gasteiger partial charge in [-0.2, -0.15) is 0 Å². The number of rotatable bonds is 3. The minimum Gasteiger partial charge on any atom is -0.394 e. The van der Waals surface area contributed by atoms with Gasteiger partial charge in [0.1, 0.15) is 0 Å². The number of halogens is 2. The van der Waals surface area contributed by atoms with Crippen molar-refractivity contribution in [3.63, 3.8) is 0 Å². The van der Waals surface area contributed by atoms with E-state index in [-0.39, 0.29) is 12.5 Å². The fraction of sp³-hybridized carbons (Fsp3) is 0.417. The predicted octanol–water partition coefficient (Wildman–Crippen LogP) is 2.84. The molecule has 1 rings (SSSR count). The van der Waals surface area contributed by atoms with E-state index < -0.39 is 5.54 Å². The first kappa shape index (κ1) is 14.3. The predicted molar refractivity (Wildman–Crippen MR) is 69.7 cm³/mol.